The van der Waals surface area contributed by atoms with Crippen LogP contribution in [0.1, 0.15) is 47.1 Å². The standard InChI is InChI=1S/C25H31F3N2O7S2/c1-23(2,3)37-22(31)29-17-10-11-21-20(13-17)30(14-18(36-21)15-38(32,33)24(4,5)6)39(34,35)19-9-7-8-16(12-19)25(26,27)28/h7-13,18H,14-15H2,1-6H3,(H,29,31). The smallest absolute Gasteiger partial charge is 0.416 e. The minimum atomic E-state index is -4.79. The van der Waals surface area contributed by atoms with Crippen LogP contribution in [0.5, 0.6) is 5.75 Å². The van der Waals surface area contributed by atoms with Crippen molar-refractivity contribution in [3.63, 3.8) is 0 Å². The first-order chi connectivity index (χ1) is 17.6. The molecule has 0 spiro atoms. The van der Waals surface area contributed by atoms with Gasteiger partial charge >= 0.3 is 12.3 Å². The zero-order valence-electron chi connectivity index (χ0n) is 22.3. The molecule has 2 aromatic rings. The lowest BCUT2D eigenvalue weighted by Gasteiger charge is -2.36. The van der Waals surface area contributed by atoms with E-state index in [9.17, 15) is 34.8 Å². The number of rotatable bonds is 5. The van der Waals surface area contributed by atoms with Gasteiger partial charge in [-0.2, -0.15) is 13.2 Å². The summed E-state index contributed by atoms with van der Waals surface area (Å²) in [6, 6.07) is 7.24. The van der Waals surface area contributed by atoms with Crippen LogP contribution in [0.25, 0.3) is 0 Å². The number of hydrogen-bond acceptors (Lipinski definition) is 7. The summed E-state index contributed by atoms with van der Waals surface area (Å²) in [4.78, 5) is 11.6. The van der Waals surface area contributed by atoms with Gasteiger partial charge in [-0.1, -0.05) is 6.07 Å². The second-order valence-electron chi connectivity index (χ2n) is 11.0. The van der Waals surface area contributed by atoms with Crippen molar-refractivity contribution in [2.24, 2.45) is 0 Å². The van der Waals surface area contributed by atoms with Gasteiger partial charge in [0.25, 0.3) is 10.0 Å². The van der Waals surface area contributed by atoms with Gasteiger partial charge in [-0.25, -0.2) is 21.6 Å². The molecule has 39 heavy (non-hydrogen) atoms. The maximum atomic E-state index is 13.7. The number of amides is 1. The fourth-order valence-corrected chi connectivity index (χ4v) is 6.29. The van der Waals surface area contributed by atoms with Gasteiger partial charge in [-0.3, -0.25) is 9.62 Å². The number of benzene rings is 2. The Morgan fingerprint density at radius 2 is 1.67 bits per heavy atom. The van der Waals surface area contributed by atoms with E-state index in [-0.39, 0.29) is 17.1 Å². The number of carbonyl (C=O) groups is 1. The SMILES string of the molecule is CC(C)(C)OC(=O)Nc1ccc2c(c1)N(S(=O)(=O)c1cccc(C(F)(F)F)c1)CC(CS(=O)(=O)C(C)(C)C)O2. The molecular weight excluding hydrogens is 561 g/mol. The van der Waals surface area contributed by atoms with Crippen molar-refractivity contribution in [3.8, 4) is 5.75 Å². The maximum absolute atomic E-state index is 13.7. The normalized spacial score (nSPS) is 16.7. The zero-order valence-corrected chi connectivity index (χ0v) is 23.9. The van der Waals surface area contributed by atoms with Gasteiger partial charge < -0.3 is 9.47 Å². The molecule has 0 aromatic heterocycles. The van der Waals surface area contributed by atoms with Gasteiger partial charge in [0.15, 0.2) is 9.84 Å². The fourth-order valence-electron chi connectivity index (χ4n) is 3.58. The Morgan fingerprint density at radius 3 is 2.23 bits per heavy atom. The van der Waals surface area contributed by atoms with Crippen LogP contribution in [0.4, 0.5) is 29.3 Å². The Kier molecular flexibility index (Phi) is 7.98. The van der Waals surface area contributed by atoms with Crippen molar-refractivity contribution in [2.75, 3.05) is 21.9 Å². The van der Waals surface area contributed by atoms with E-state index in [4.69, 9.17) is 9.47 Å². The van der Waals surface area contributed by atoms with Crippen molar-refractivity contribution >= 4 is 37.3 Å². The Bertz CT molecular complexity index is 1460. The number of ether oxygens (including phenoxy) is 2. The molecule has 0 bridgehead atoms. The van der Waals surface area contributed by atoms with Crippen molar-refractivity contribution in [1.82, 2.24) is 0 Å². The van der Waals surface area contributed by atoms with E-state index in [0.29, 0.717) is 6.07 Å². The molecule has 0 aliphatic carbocycles. The summed E-state index contributed by atoms with van der Waals surface area (Å²) in [5, 5.41) is 2.48. The summed E-state index contributed by atoms with van der Waals surface area (Å²) in [5.41, 5.74) is -1.95. The average molecular weight is 593 g/mol. The molecular formula is C25H31F3N2O7S2. The number of fused-ring (bicyclic) bond motifs is 1. The quantitative estimate of drug-likeness (QED) is 0.506. The van der Waals surface area contributed by atoms with E-state index in [1.807, 2.05) is 0 Å². The van der Waals surface area contributed by atoms with Crippen LogP contribution in [-0.4, -0.2) is 51.7 Å². The molecule has 1 N–H and O–H groups in total. The Morgan fingerprint density at radius 1 is 1.03 bits per heavy atom. The number of anilines is 2. The second kappa shape index (κ2) is 10.2. The molecule has 0 fully saturated rings. The molecule has 1 aliphatic heterocycles. The zero-order chi connectivity index (χ0) is 29.6. The molecule has 1 aliphatic rings. The van der Waals surface area contributed by atoms with Gasteiger partial charge in [-0.05, 0) is 77.9 Å². The van der Waals surface area contributed by atoms with Gasteiger partial charge in [0, 0.05) is 5.69 Å². The van der Waals surface area contributed by atoms with Crippen molar-refractivity contribution in [3.05, 3.63) is 48.0 Å². The summed E-state index contributed by atoms with van der Waals surface area (Å²) in [6.07, 6.45) is -6.77. The van der Waals surface area contributed by atoms with Crippen LogP contribution >= 0.6 is 0 Å². The maximum Gasteiger partial charge on any atom is 0.416 e. The number of halogens is 3. The monoisotopic (exact) mass is 592 g/mol. The fraction of sp³-hybridized carbons (Fsp3) is 0.480. The number of hydrogen-bond donors (Lipinski definition) is 1. The molecule has 1 amide bonds. The number of sulfone groups is 1. The van der Waals surface area contributed by atoms with Gasteiger partial charge in [-0.15, -0.1) is 0 Å². The highest BCUT2D eigenvalue weighted by Gasteiger charge is 2.40. The number of alkyl halides is 3. The molecule has 14 heteroatoms. The minimum Gasteiger partial charge on any atom is -0.485 e. The van der Waals surface area contributed by atoms with Gasteiger partial charge in [0.05, 0.1) is 33.2 Å². The molecule has 0 saturated carbocycles. The number of carbonyl (C=O) groups excluding carboxylic acids is 1. The topological polar surface area (TPSA) is 119 Å². The number of nitrogens with zero attached hydrogens (tertiary/aromatic N) is 1. The number of sulfonamides is 1. The molecule has 2 aromatic carbocycles. The summed E-state index contributed by atoms with van der Waals surface area (Å²) >= 11 is 0. The van der Waals surface area contributed by atoms with E-state index >= 15 is 0 Å². The third kappa shape index (κ3) is 7.15. The van der Waals surface area contributed by atoms with Crippen LogP contribution in [0, 0.1) is 0 Å². The molecule has 3 rings (SSSR count). The van der Waals surface area contributed by atoms with Crippen LogP contribution in [-0.2, 0) is 30.8 Å². The second-order valence-corrected chi connectivity index (χ2v) is 15.7. The first kappa shape index (κ1) is 30.5. The predicted molar refractivity (Wildman–Crippen MR) is 140 cm³/mol. The summed E-state index contributed by atoms with van der Waals surface area (Å²) in [6.45, 7) is 8.94. The predicted octanol–water partition coefficient (Wildman–Crippen LogP) is 5.22. The number of nitrogens with one attached hydrogen (secondary N) is 1. The molecule has 1 unspecified atom stereocenters. The lowest BCUT2D eigenvalue weighted by Crippen LogP contribution is -2.48. The first-order valence-electron chi connectivity index (χ1n) is 11.8. The van der Waals surface area contributed by atoms with Crippen molar-refractivity contribution in [2.45, 2.75) is 69.1 Å². The van der Waals surface area contributed by atoms with Gasteiger partial charge in [0.1, 0.15) is 17.5 Å². The first-order valence-corrected chi connectivity index (χ1v) is 14.9. The van der Waals surface area contributed by atoms with E-state index < -0.39 is 71.3 Å². The third-order valence-electron chi connectivity index (χ3n) is 5.62. The molecule has 216 valence electrons. The lowest BCUT2D eigenvalue weighted by molar-refractivity contribution is -0.137. The highest BCUT2D eigenvalue weighted by molar-refractivity contribution is 7.93. The highest BCUT2D eigenvalue weighted by atomic mass is 32.2. The van der Waals surface area contributed by atoms with Crippen LogP contribution in [0.15, 0.2) is 47.4 Å². The van der Waals surface area contributed by atoms with Crippen molar-refractivity contribution < 1.29 is 44.3 Å². The summed E-state index contributed by atoms with van der Waals surface area (Å²) < 4.78 is 104. The van der Waals surface area contributed by atoms with E-state index in [2.05, 4.69) is 5.32 Å². The van der Waals surface area contributed by atoms with Crippen LogP contribution < -0.4 is 14.4 Å². The molecule has 0 saturated heterocycles. The summed E-state index contributed by atoms with van der Waals surface area (Å²) in [5.74, 6) is -0.566. The van der Waals surface area contributed by atoms with Crippen molar-refractivity contribution in [1.29, 1.82) is 0 Å². The lowest BCUT2D eigenvalue weighted by atomic mass is 10.2. The molecule has 1 heterocycles. The highest BCUT2D eigenvalue weighted by Crippen LogP contribution is 2.40. The van der Waals surface area contributed by atoms with E-state index in [0.717, 1.165) is 22.5 Å². The molecule has 1 atom stereocenters. The van der Waals surface area contributed by atoms with Crippen LogP contribution in [0.2, 0.25) is 0 Å². The third-order valence-corrected chi connectivity index (χ3v) is 10.1. The Hall–Kier alpha value is -3.00. The summed E-state index contributed by atoms with van der Waals surface area (Å²) in [7, 11) is -8.41. The van der Waals surface area contributed by atoms with Gasteiger partial charge in [0.2, 0.25) is 0 Å². The largest absolute Gasteiger partial charge is 0.485 e. The Balaban J connectivity index is 2.09. The van der Waals surface area contributed by atoms with E-state index in [1.165, 1.54) is 39.0 Å². The minimum absolute atomic E-state index is 0.0272. The van der Waals surface area contributed by atoms with Crippen LogP contribution in [0.3, 0.4) is 0 Å². The Labute approximate surface area is 226 Å². The molecule has 0 radical (unpaired) electrons. The van der Waals surface area contributed by atoms with E-state index in [1.54, 1.807) is 20.8 Å². The average Bonchev–Trinajstić information content (AvgIpc) is 2.76. The molecule has 9 nitrogen and oxygen atoms in total.